The van der Waals surface area contributed by atoms with Gasteiger partial charge in [-0.05, 0) is 26.7 Å². The number of fused-ring (bicyclic) bond motifs is 3. The fourth-order valence-corrected chi connectivity index (χ4v) is 4.45. The highest BCUT2D eigenvalue weighted by molar-refractivity contribution is 6.32. The third kappa shape index (κ3) is 3.81. The van der Waals surface area contributed by atoms with Crippen molar-refractivity contribution in [2.75, 3.05) is 43.5 Å². The first kappa shape index (κ1) is 19.8. The average molecular weight is 434 g/mol. The maximum Gasteiger partial charge on any atom is 0.257 e. The van der Waals surface area contributed by atoms with Crippen molar-refractivity contribution in [2.45, 2.75) is 51.2 Å². The van der Waals surface area contributed by atoms with Gasteiger partial charge in [0.05, 0.1) is 43.8 Å². The van der Waals surface area contributed by atoms with Crippen LogP contribution in [0.4, 0.5) is 17.5 Å². The standard InChI is InChI=1S/C20H28ClN7O2/c1-12-5-8-30-19-17(24-20-22-9-16(21)18(23-12)25-20)13(2)28(26-19)14-3-6-27(7-4-14)15-10-29-11-15/h9,12,14-15H,3-8,10-11H2,1-2H3,(H2,22,23,24,25)/t12-/m1/s1. The van der Waals surface area contributed by atoms with Crippen molar-refractivity contribution in [1.29, 1.82) is 0 Å². The average Bonchev–Trinajstić information content (AvgIpc) is 2.98. The summed E-state index contributed by atoms with van der Waals surface area (Å²) in [6.45, 7) is 8.60. The predicted molar refractivity (Wildman–Crippen MR) is 115 cm³/mol. The molecule has 1 atom stereocenters. The van der Waals surface area contributed by atoms with Gasteiger partial charge in [0.2, 0.25) is 5.95 Å². The lowest BCUT2D eigenvalue weighted by Crippen LogP contribution is -2.52. The van der Waals surface area contributed by atoms with Crippen LogP contribution in [0.3, 0.4) is 0 Å². The fraction of sp³-hybridized carbons (Fsp3) is 0.650. The molecule has 9 nitrogen and oxygen atoms in total. The highest BCUT2D eigenvalue weighted by Crippen LogP contribution is 2.35. The zero-order valence-electron chi connectivity index (χ0n) is 17.4. The van der Waals surface area contributed by atoms with E-state index in [1.807, 2.05) is 0 Å². The Labute approximate surface area is 181 Å². The number of anilines is 3. The largest absolute Gasteiger partial charge is 0.475 e. The Morgan fingerprint density at radius 2 is 1.97 bits per heavy atom. The Bertz CT molecular complexity index is 909. The third-order valence-electron chi connectivity index (χ3n) is 6.25. The molecule has 0 unspecified atom stereocenters. The van der Waals surface area contributed by atoms with E-state index in [9.17, 15) is 0 Å². The van der Waals surface area contributed by atoms with Crippen molar-refractivity contribution < 1.29 is 9.47 Å². The molecule has 0 spiro atoms. The van der Waals surface area contributed by atoms with Crippen LogP contribution in [0.25, 0.3) is 0 Å². The summed E-state index contributed by atoms with van der Waals surface area (Å²) in [5.74, 6) is 1.71. The molecule has 5 heterocycles. The van der Waals surface area contributed by atoms with Crippen LogP contribution in [0.15, 0.2) is 6.20 Å². The third-order valence-corrected chi connectivity index (χ3v) is 6.53. The van der Waals surface area contributed by atoms with E-state index in [1.54, 1.807) is 6.20 Å². The van der Waals surface area contributed by atoms with Gasteiger partial charge in [0.15, 0.2) is 5.82 Å². The summed E-state index contributed by atoms with van der Waals surface area (Å²) in [6.07, 6.45) is 4.56. The second-order valence-corrected chi connectivity index (χ2v) is 8.77. The summed E-state index contributed by atoms with van der Waals surface area (Å²) >= 11 is 6.27. The zero-order valence-corrected chi connectivity index (χ0v) is 18.2. The molecule has 0 aliphatic carbocycles. The Morgan fingerprint density at radius 1 is 1.17 bits per heavy atom. The van der Waals surface area contributed by atoms with Gasteiger partial charge in [-0.1, -0.05) is 11.6 Å². The van der Waals surface area contributed by atoms with Crippen LogP contribution in [-0.4, -0.2) is 69.6 Å². The highest BCUT2D eigenvalue weighted by Gasteiger charge is 2.32. The second-order valence-electron chi connectivity index (χ2n) is 8.37. The molecule has 0 amide bonds. The first-order valence-corrected chi connectivity index (χ1v) is 11.1. The highest BCUT2D eigenvalue weighted by atomic mass is 35.5. The van der Waals surface area contributed by atoms with E-state index in [0.717, 1.165) is 56.9 Å². The molecule has 2 aromatic rings. The van der Waals surface area contributed by atoms with E-state index >= 15 is 0 Å². The molecule has 2 fully saturated rings. The van der Waals surface area contributed by atoms with E-state index in [2.05, 4.69) is 44.0 Å². The normalized spacial score (nSPS) is 23.4. The number of hydrogen-bond acceptors (Lipinski definition) is 8. The molecular formula is C20H28ClN7O2. The lowest BCUT2D eigenvalue weighted by Gasteiger charge is -2.41. The SMILES string of the molecule is Cc1c2c(nn1C1CCN(C3COC3)CC1)OCC[C@@H](C)Nc1nc(ncc1Cl)N2. The van der Waals surface area contributed by atoms with Gasteiger partial charge < -0.3 is 20.1 Å². The maximum atomic E-state index is 6.27. The molecule has 3 aliphatic rings. The van der Waals surface area contributed by atoms with Crippen molar-refractivity contribution in [3.8, 4) is 5.88 Å². The molecule has 2 N–H and O–H groups in total. The lowest BCUT2D eigenvalue weighted by molar-refractivity contribution is -0.0735. The maximum absolute atomic E-state index is 6.27. The van der Waals surface area contributed by atoms with Crippen LogP contribution in [0, 0.1) is 6.92 Å². The first-order valence-electron chi connectivity index (χ1n) is 10.7. The molecular weight excluding hydrogens is 406 g/mol. The molecule has 0 radical (unpaired) electrons. The van der Waals surface area contributed by atoms with Crippen LogP contribution in [0.5, 0.6) is 5.88 Å². The molecule has 162 valence electrons. The van der Waals surface area contributed by atoms with Crippen LogP contribution < -0.4 is 15.4 Å². The molecule has 0 saturated carbocycles. The number of nitrogens with one attached hydrogen (secondary N) is 2. The first-order chi connectivity index (χ1) is 14.6. The summed E-state index contributed by atoms with van der Waals surface area (Å²) in [5, 5.41) is 12.0. The number of ether oxygens (including phenoxy) is 2. The number of nitrogens with zero attached hydrogens (tertiary/aromatic N) is 5. The van der Waals surface area contributed by atoms with Crippen LogP contribution >= 0.6 is 11.6 Å². The van der Waals surface area contributed by atoms with E-state index in [0.29, 0.717) is 41.4 Å². The number of rotatable bonds is 2. The molecule has 2 bridgehead atoms. The lowest BCUT2D eigenvalue weighted by atomic mass is 10.0. The van der Waals surface area contributed by atoms with E-state index in [-0.39, 0.29) is 6.04 Å². The van der Waals surface area contributed by atoms with E-state index in [4.69, 9.17) is 26.2 Å². The van der Waals surface area contributed by atoms with Gasteiger partial charge in [-0.15, -0.1) is 5.10 Å². The van der Waals surface area contributed by atoms with Gasteiger partial charge in [-0.2, -0.15) is 4.98 Å². The van der Waals surface area contributed by atoms with Crippen LogP contribution in [0.2, 0.25) is 5.02 Å². The van der Waals surface area contributed by atoms with Crippen molar-refractivity contribution in [3.63, 3.8) is 0 Å². The number of halogens is 1. The molecule has 2 saturated heterocycles. The minimum Gasteiger partial charge on any atom is -0.475 e. The zero-order chi connectivity index (χ0) is 20.7. The van der Waals surface area contributed by atoms with Gasteiger partial charge in [0, 0.05) is 25.6 Å². The Hall–Kier alpha value is -2.10. The van der Waals surface area contributed by atoms with Gasteiger partial charge in [-0.25, -0.2) is 4.98 Å². The predicted octanol–water partition coefficient (Wildman–Crippen LogP) is 3.00. The summed E-state index contributed by atoms with van der Waals surface area (Å²) in [7, 11) is 0. The number of piperidine rings is 1. The Balaban J connectivity index is 1.40. The van der Waals surface area contributed by atoms with Crippen LogP contribution in [-0.2, 0) is 4.74 Å². The van der Waals surface area contributed by atoms with Gasteiger partial charge in [0.1, 0.15) is 10.7 Å². The van der Waals surface area contributed by atoms with Crippen molar-refractivity contribution >= 4 is 29.1 Å². The molecule has 10 heteroatoms. The Kier molecular flexibility index (Phi) is 5.43. The van der Waals surface area contributed by atoms with Crippen molar-refractivity contribution in [2.24, 2.45) is 0 Å². The summed E-state index contributed by atoms with van der Waals surface area (Å²) in [4.78, 5) is 11.4. The van der Waals surface area contributed by atoms with Crippen LogP contribution in [0.1, 0.15) is 37.9 Å². The molecule has 0 aromatic carbocycles. The monoisotopic (exact) mass is 433 g/mol. The smallest absolute Gasteiger partial charge is 0.257 e. The van der Waals surface area contributed by atoms with Crippen molar-refractivity contribution in [3.05, 3.63) is 16.9 Å². The van der Waals surface area contributed by atoms with Gasteiger partial charge in [-0.3, -0.25) is 9.58 Å². The summed E-state index contributed by atoms with van der Waals surface area (Å²) < 4.78 is 13.6. The van der Waals surface area contributed by atoms with E-state index in [1.165, 1.54) is 0 Å². The number of hydrogen-bond donors (Lipinski definition) is 2. The van der Waals surface area contributed by atoms with Gasteiger partial charge >= 0.3 is 0 Å². The van der Waals surface area contributed by atoms with Crippen molar-refractivity contribution in [1.82, 2.24) is 24.6 Å². The van der Waals surface area contributed by atoms with E-state index < -0.39 is 0 Å². The fourth-order valence-electron chi connectivity index (χ4n) is 4.30. The minimum atomic E-state index is 0.162. The summed E-state index contributed by atoms with van der Waals surface area (Å²) in [6, 6.07) is 1.11. The van der Waals surface area contributed by atoms with Gasteiger partial charge in [0.25, 0.3) is 5.88 Å². The Morgan fingerprint density at radius 3 is 2.70 bits per heavy atom. The number of aromatic nitrogens is 4. The summed E-state index contributed by atoms with van der Waals surface area (Å²) in [5.41, 5.74) is 1.86. The topological polar surface area (TPSA) is 89.4 Å². The molecule has 3 aliphatic heterocycles. The minimum absolute atomic E-state index is 0.162. The molecule has 5 rings (SSSR count). The molecule has 30 heavy (non-hydrogen) atoms. The number of likely N-dealkylation sites (tertiary alicyclic amines) is 1. The second kappa shape index (κ2) is 8.20. The molecule has 2 aromatic heterocycles. The quantitative estimate of drug-likeness (QED) is 0.747.